The second kappa shape index (κ2) is 5.42. The van der Waals surface area contributed by atoms with Gasteiger partial charge in [0.2, 0.25) is 0 Å². The van der Waals surface area contributed by atoms with Crippen LogP contribution in [0.4, 0.5) is 0 Å². The van der Waals surface area contributed by atoms with Gasteiger partial charge in [-0.3, -0.25) is 0 Å². The molecule has 0 N–H and O–H groups in total. The lowest BCUT2D eigenvalue weighted by Crippen LogP contribution is -2.34. The van der Waals surface area contributed by atoms with Gasteiger partial charge in [-0.15, -0.1) is 11.3 Å². The highest BCUT2D eigenvalue weighted by atomic mass is 32.1. The largest absolute Gasteiger partial charge is 0.303 e. The minimum Gasteiger partial charge on any atom is -0.303 e. The summed E-state index contributed by atoms with van der Waals surface area (Å²) in [6, 6.07) is 2.08. The fourth-order valence-electron chi connectivity index (χ4n) is 2.02. The van der Waals surface area contributed by atoms with Crippen LogP contribution >= 0.6 is 11.3 Å². The van der Waals surface area contributed by atoms with Gasteiger partial charge in [-0.25, -0.2) is 4.98 Å². The van der Waals surface area contributed by atoms with Gasteiger partial charge in [0.05, 0.1) is 5.01 Å². The van der Waals surface area contributed by atoms with Crippen LogP contribution in [0.2, 0.25) is 0 Å². The third kappa shape index (κ3) is 3.03. The van der Waals surface area contributed by atoms with Gasteiger partial charge in [-0.1, -0.05) is 6.92 Å². The van der Waals surface area contributed by atoms with Crippen molar-refractivity contribution in [2.75, 3.05) is 19.6 Å². The second-order valence-corrected chi connectivity index (χ2v) is 5.46. The van der Waals surface area contributed by atoms with Gasteiger partial charge in [0.15, 0.2) is 5.69 Å². The summed E-state index contributed by atoms with van der Waals surface area (Å²) in [4.78, 5) is 6.77. The molecule has 0 aliphatic carbocycles. The quantitative estimate of drug-likeness (QED) is 0.807. The van der Waals surface area contributed by atoms with E-state index in [-0.39, 0.29) is 0 Å². The molecule has 0 bridgehead atoms. The number of nitriles is 1. The number of aromatic nitrogens is 1. The molecule has 16 heavy (non-hydrogen) atoms. The van der Waals surface area contributed by atoms with Crippen LogP contribution in [0.5, 0.6) is 0 Å². The molecule has 1 aliphatic rings. The number of thiazole rings is 1. The molecule has 0 spiro atoms. The van der Waals surface area contributed by atoms with E-state index in [1.807, 2.05) is 5.38 Å². The first kappa shape index (κ1) is 11.6. The zero-order valence-corrected chi connectivity index (χ0v) is 10.5. The van der Waals surface area contributed by atoms with Crippen LogP contribution in [0.15, 0.2) is 5.38 Å². The molecule has 2 rings (SSSR count). The minimum atomic E-state index is 0.562. The van der Waals surface area contributed by atoms with Gasteiger partial charge in [0.1, 0.15) is 6.07 Å². The summed E-state index contributed by atoms with van der Waals surface area (Å²) in [6.07, 6.45) is 3.63. The van der Waals surface area contributed by atoms with Gasteiger partial charge in [0.25, 0.3) is 0 Å². The molecule has 0 amide bonds. The van der Waals surface area contributed by atoms with Crippen LogP contribution in [0.25, 0.3) is 0 Å². The Morgan fingerprint density at radius 2 is 2.31 bits per heavy atom. The van der Waals surface area contributed by atoms with Crippen molar-refractivity contribution in [2.24, 2.45) is 5.92 Å². The van der Waals surface area contributed by atoms with E-state index in [2.05, 4.69) is 22.9 Å². The van der Waals surface area contributed by atoms with E-state index in [0.29, 0.717) is 5.69 Å². The average Bonchev–Trinajstić information content (AvgIpc) is 2.76. The van der Waals surface area contributed by atoms with Crippen LogP contribution in [0.1, 0.15) is 30.5 Å². The smallest absolute Gasteiger partial charge is 0.151 e. The highest BCUT2D eigenvalue weighted by molar-refractivity contribution is 7.09. The average molecular weight is 235 g/mol. The minimum absolute atomic E-state index is 0.562. The summed E-state index contributed by atoms with van der Waals surface area (Å²) in [5.74, 6) is 0.890. The molecule has 4 heteroatoms. The lowest BCUT2D eigenvalue weighted by Gasteiger charge is -2.29. The Morgan fingerprint density at radius 1 is 1.56 bits per heavy atom. The molecular weight excluding hydrogens is 218 g/mol. The van der Waals surface area contributed by atoms with E-state index in [0.717, 1.165) is 23.9 Å². The van der Waals surface area contributed by atoms with Crippen molar-refractivity contribution in [3.8, 4) is 6.07 Å². The van der Waals surface area contributed by atoms with Gasteiger partial charge < -0.3 is 4.90 Å². The molecule has 86 valence electrons. The third-order valence-corrected chi connectivity index (χ3v) is 4.09. The molecule has 3 nitrogen and oxygen atoms in total. The van der Waals surface area contributed by atoms with Crippen molar-refractivity contribution in [1.82, 2.24) is 9.88 Å². The maximum Gasteiger partial charge on any atom is 0.151 e. The number of likely N-dealkylation sites (tertiary alicyclic amines) is 1. The third-order valence-electron chi connectivity index (χ3n) is 3.18. The van der Waals surface area contributed by atoms with Gasteiger partial charge in [-0.05, 0) is 31.8 Å². The molecule has 2 heterocycles. The highest BCUT2D eigenvalue weighted by Gasteiger charge is 2.15. The van der Waals surface area contributed by atoms with E-state index in [1.54, 1.807) is 11.3 Å². The van der Waals surface area contributed by atoms with Crippen molar-refractivity contribution in [2.45, 2.75) is 26.2 Å². The summed E-state index contributed by atoms with van der Waals surface area (Å²) < 4.78 is 0. The molecule has 1 aromatic rings. The summed E-state index contributed by atoms with van der Waals surface area (Å²) in [6.45, 7) is 5.86. The first-order chi connectivity index (χ1) is 7.78. The van der Waals surface area contributed by atoms with E-state index < -0.39 is 0 Å². The van der Waals surface area contributed by atoms with Crippen LogP contribution in [-0.2, 0) is 6.42 Å². The van der Waals surface area contributed by atoms with Crippen molar-refractivity contribution in [3.63, 3.8) is 0 Å². The maximum atomic E-state index is 8.68. The molecule has 0 radical (unpaired) electrons. The van der Waals surface area contributed by atoms with Crippen molar-refractivity contribution in [3.05, 3.63) is 16.1 Å². The SMILES string of the molecule is CC1CCN(CCc2nc(C#N)cs2)CC1. The molecular formula is C12H17N3S. The number of rotatable bonds is 3. The molecule has 0 atom stereocenters. The van der Waals surface area contributed by atoms with Crippen molar-refractivity contribution in [1.29, 1.82) is 5.26 Å². The fourth-order valence-corrected chi connectivity index (χ4v) is 2.73. The Hall–Kier alpha value is -0.920. The molecule has 1 aliphatic heterocycles. The van der Waals surface area contributed by atoms with E-state index in [9.17, 15) is 0 Å². The standard InChI is InChI=1S/C12H17N3S/c1-10-2-5-15(6-3-10)7-4-12-14-11(8-13)9-16-12/h9-10H,2-7H2,1H3. The number of hydrogen-bond donors (Lipinski definition) is 0. The van der Waals surface area contributed by atoms with E-state index in [1.165, 1.54) is 25.9 Å². The Bertz CT molecular complexity index is 372. The maximum absolute atomic E-state index is 8.68. The topological polar surface area (TPSA) is 39.9 Å². The first-order valence-electron chi connectivity index (χ1n) is 5.85. The predicted octanol–water partition coefficient (Wildman–Crippen LogP) is 2.29. The molecule has 1 saturated heterocycles. The summed E-state index contributed by atoms with van der Waals surface area (Å²) >= 11 is 1.60. The first-order valence-corrected chi connectivity index (χ1v) is 6.73. The monoisotopic (exact) mass is 235 g/mol. The Balaban J connectivity index is 1.77. The molecule has 1 aromatic heterocycles. The highest BCUT2D eigenvalue weighted by Crippen LogP contribution is 2.17. The summed E-state index contributed by atoms with van der Waals surface area (Å²) in [5, 5.41) is 11.6. The van der Waals surface area contributed by atoms with Gasteiger partial charge in [-0.2, -0.15) is 5.26 Å². The van der Waals surface area contributed by atoms with E-state index in [4.69, 9.17) is 5.26 Å². The van der Waals surface area contributed by atoms with Crippen molar-refractivity contribution >= 4 is 11.3 Å². The molecule has 0 aromatic carbocycles. The van der Waals surface area contributed by atoms with E-state index >= 15 is 0 Å². The zero-order chi connectivity index (χ0) is 11.4. The van der Waals surface area contributed by atoms with Crippen LogP contribution in [0.3, 0.4) is 0 Å². The zero-order valence-electron chi connectivity index (χ0n) is 9.65. The normalized spacial score (nSPS) is 18.5. The summed E-state index contributed by atoms with van der Waals surface area (Å²) in [7, 11) is 0. The summed E-state index contributed by atoms with van der Waals surface area (Å²) in [5.41, 5.74) is 0.562. The molecule has 0 saturated carbocycles. The van der Waals surface area contributed by atoms with Gasteiger partial charge in [0, 0.05) is 18.3 Å². The molecule has 1 fully saturated rings. The fraction of sp³-hybridized carbons (Fsp3) is 0.667. The number of piperidine rings is 1. The second-order valence-electron chi connectivity index (χ2n) is 4.51. The van der Waals surface area contributed by atoms with Crippen LogP contribution in [0, 0.1) is 17.2 Å². The van der Waals surface area contributed by atoms with Gasteiger partial charge >= 0.3 is 0 Å². The van der Waals surface area contributed by atoms with Crippen LogP contribution in [-0.4, -0.2) is 29.5 Å². The number of nitrogens with zero attached hydrogens (tertiary/aromatic N) is 3. The Kier molecular flexibility index (Phi) is 3.92. The van der Waals surface area contributed by atoms with Crippen molar-refractivity contribution < 1.29 is 0 Å². The number of hydrogen-bond acceptors (Lipinski definition) is 4. The lowest BCUT2D eigenvalue weighted by molar-refractivity contribution is 0.194. The van der Waals surface area contributed by atoms with Crippen LogP contribution < -0.4 is 0 Å². The predicted molar refractivity (Wildman–Crippen MR) is 65.4 cm³/mol. The Labute approximate surface area is 101 Å². The Morgan fingerprint density at radius 3 is 2.94 bits per heavy atom. The molecule has 0 unspecified atom stereocenters. The lowest BCUT2D eigenvalue weighted by atomic mass is 9.99.